The first kappa shape index (κ1) is 14.9. The normalized spacial score (nSPS) is 11.2. The maximum atomic E-state index is 13.4. The van der Waals surface area contributed by atoms with E-state index in [0.29, 0.717) is 18.2 Å². The number of hydrogen-bond acceptors (Lipinski definition) is 3. The predicted octanol–water partition coefficient (Wildman–Crippen LogP) is 1.52. The van der Waals surface area contributed by atoms with Gasteiger partial charge >= 0.3 is 0 Å². The summed E-state index contributed by atoms with van der Waals surface area (Å²) in [5.74, 6) is 0.282. The number of nitrogens with one attached hydrogen (secondary N) is 2. The van der Waals surface area contributed by atoms with Crippen LogP contribution in [0.15, 0.2) is 47.7 Å². The van der Waals surface area contributed by atoms with Gasteiger partial charge < -0.3 is 10.6 Å². The van der Waals surface area contributed by atoms with Gasteiger partial charge in [-0.05, 0) is 24.3 Å². The van der Waals surface area contributed by atoms with Crippen LogP contribution in [0, 0.1) is 5.82 Å². The summed E-state index contributed by atoms with van der Waals surface area (Å²) < 4.78 is 13.4. The number of rotatable bonds is 5. The Kier molecular flexibility index (Phi) is 5.63. The average Bonchev–Trinajstić information content (AvgIpc) is 2.53. The van der Waals surface area contributed by atoms with E-state index < -0.39 is 0 Å². The molecule has 0 spiro atoms. The molecular weight excluding hydrogens is 269 g/mol. The van der Waals surface area contributed by atoms with Gasteiger partial charge in [0.1, 0.15) is 5.82 Å². The number of nitrogens with zero attached hydrogens (tertiary/aromatic N) is 3. The summed E-state index contributed by atoms with van der Waals surface area (Å²) in [4.78, 5) is 12.3. The summed E-state index contributed by atoms with van der Waals surface area (Å²) in [5.41, 5.74) is 1.38. The number of pyridine rings is 2. The van der Waals surface area contributed by atoms with E-state index in [-0.39, 0.29) is 12.4 Å². The molecule has 0 fully saturated rings. The molecule has 5 nitrogen and oxygen atoms in total. The van der Waals surface area contributed by atoms with E-state index in [9.17, 15) is 4.39 Å². The van der Waals surface area contributed by atoms with Crippen molar-refractivity contribution in [2.75, 3.05) is 13.6 Å². The minimum Gasteiger partial charge on any atom is -0.356 e. The van der Waals surface area contributed by atoms with Crippen molar-refractivity contribution in [1.29, 1.82) is 0 Å². The lowest BCUT2D eigenvalue weighted by atomic mass is 10.3. The highest BCUT2D eigenvalue weighted by Crippen LogP contribution is 2.01. The zero-order valence-corrected chi connectivity index (χ0v) is 11.9. The number of aliphatic imine (C=N–C) groups is 1. The molecule has 2 N–H and O–H groups in total. The molecule has 2 aromatic rings. The Balaban J connectivity index is 1.78. The van der Waals surface area contributed by atoms with Gasteiger partial charge in [-0.25, -0.2) is 4.39 Å². The Morgan fingerprint density at radius 2 is 2.00 bits per heavy atom. The van der Waals surface area contributed by atoms with Crippen LogP contribution in [-0.2, 0) is 13.0 Å². The Bertz CT molecular complexity index is 586. The van der Waals surface area contributed by atoms with Crippen LogP contribution in [0.25, 0.3) is 0 Å². The zero-order chi connectivity index (χ0) is 14.9. The first-order chi connectivity index (χ1) is 10.3. The number of halogens is 1. The standard InChI is InChI=1S/C15H18FN5/c1-17-15(20-10-7-12-5-2-3-8-18-12)21-11-14-13(16)6-4-9-19-14/h2-6,8-9H,7,10-11H2,1H3,(H2,17,20,21). The molecule has 0 saturated carbocycles. The molecule has 2 heterocycles. The predicted molar refractivity (Wildman–Crippen MR) is 80.3 cm³/mol. The highest BCUT2D eigenvalue weighted by atomic mass is 19.1. The molecule has 2 aromatic heterocycles. The molecule has 110 valence electrons. The van der Waals surface area contributed by atoms with Gasteiger partial charge in [-0.3, -0.25) is 15.0 Å². The van der Waals surface area contributed by atoms with Gasteiger partial charge in [-0.15, -0.1) is 0 Å². The highest BCUT2D eigenvalue weighted by molar-refractivity contribution is 5.79. The first-order valence-electron chi connectivity index (χ1n) is 6.73. The second-order valence-corrected chi connectivity index (χ2v) is 4.36. The lowest BCUT2D eigenvalue weighted by Gasteiger charge is -2.11. The van der Waals surface area contributed by atoms with E-state index in [1.165, 1.54) is 6.07 Å². The fourth-order valence-electron chi connectivity index (χ4n) is 1.79. The van der Waals surface area contributed by atoms with Crippen LogP contribution < -0.4 is 10.6 Å². The molecule has 21 heavy (non-hydrogen) atoms. The van der Waals surface area contributed by atoms with Gasteiger partial charge in [0.15, 0.2) is 5.96 Å². The topological polar surface area (TPSA) is 62.2 Å². The monoisotopic (exact) mass is 287 g/mol. The second-order valence-electron chi connectivity index (χ2n) is 4.36. The molecule has 0 radical (unpaired) electrons. The minimum absolute atomic E-state index is 0.288. The van der Waals surface area contributed by atoms with E-state index in [1.807, 2.05) is 18.2 Å². The van der Waals surface area contributed by atoms with Crippen LogP contribution in [0.5, 0.6) is 0 Å². The van der Waals surface area contributed by atoms with Crippen molar-refractivity contribution in [3.05, 3.63) is 59.9 Å². The summed E-state index contributed by atoms with van der Waals surface area (Å²) in [5, 5.41) is 6.19. The lowest BCUT2D eigenvalue weighted by molar-refractivity contribution is 0.592. The Labute approximate surface area is 123 Å². The van der Waals surface area contributed by atoms with Crippen molar-refractivity contribution in [2.45, 2.75) is 13.0 Å². The molecule has 0 aromatic carbocycles. The molecule has 0 aliphatic rings. The van der Waals surface area contributed by atoms with Crippen molar-refractivity contribution in [3.8, 4) is 0 Å². The molecule has 0 unspecified atom stereocenters. The van der Waals surface area contributed by atoms with E-state index in [2.05, 4.69) is 25.6 Å². The third-order valence-electron chi connectivity index (χ3n) is 2.88. The van der Waals surface area contributed by atoms with Crippen LogP contribution >= 0.6 is 0 Å². The third kappa shape index (κ3) is 4.83. The van der Waals surface area contributed by atoms with Crippen LogP contribution in [0.3, 0.4) is 0 Å². The summed E-state index contributed by atoms with van der Waals surface area (Å²) in [6.45, 7) is 0.983. The first-order valence-corrected chi connectivity index (χ1v) is 6.73. The van der Waals surface area contributed by atoms with Crippen molar-refractivity contribution < 1.29 is 4.39 Å². The minimum atomic E-state index is -0.325. The van der Waals surface area contributed by atoms with Crippen LogP contribution in [0.4, 0.5) is 4.39 Å². The zero-order valence-electron chi connectivity index (χ0n) is 11.9. The SMILES string of the molecule is CN=C(NCCc1ccccn1)NCc1ncccc1F. The molecule has 0 amide bonds. The van der Waals surface area contributed by atoms with Gasteiger partial charge in [0.25, 0.3) is 0 Å². The van der Waals surface area contributed by atoms with Crippen LogP contribution in [0.2, 0.25) is 0 Å². The fraction of sp³-hybridized carbons (Fsp3) is 0.267. The van der Waals surface area contributed by atoms with Crippen molar-refractivity contribution >= 4 is 5.96 Å². The molecule has 0 bridgehead atoms. The van der Waals surface area contributed by atoms with Crippen molar-refractivity contribution in [1.82, 2.24) is 20.6 Å². The summed E-state index contributed by atoms with van der Waals surface area (Å²) in [6.07, 6.45) is 4.13. The molecule has 2 rings (SSSR count). The maximum Gasteiger partial charge on any atom is 0.191 e. The maximum absolute atomic E-state index is 13.4. The van der Waals surface area contributed by atoms with Gasteiger partial charge in [0.05, 0.1) is 12.2 Å². The quantitative estimate of drug-likeness (QED) is 0.646. The van der Waals surface area contributed by atoms with Crippen LogP contribution in [-0.4, -0.2) is 29.5 Å². The van der Waals surface area contributed by atoms with Crippen LogP contribution in [0.1, 0.15) is 11.4 Å². The summed E-state index contributed by atoms with van der Waals surface area (Å²) in [7, 11) is 1.67. The van der Waals surface area contributed by atoms with Crippen molar-refractivity contribution in [3.63, 3.8) is 0 Å². The molecule has 6 heteroatoms. The van der Waals surface area contributed by atoms with E-state index in [4.69, 9.17) is 0 Å². The smallest absolute Gasteiger partial charge is 0.191 e. The van der Waals surface area contributed by atoms with Gasteiger partial charge in [-0.1, -0.05) is 6.07 Å². The number of guanidine groups is 1. The summed E-state index contributed by atoms with van der Waals surface area (Å²) >= 11 is 0. The number of aromatic nitrogens is 2. The molecular formula is C15H18FN5. The Morgan fingerprint density at radius 3 is 2.71 bits per heavy atom. The highest BCUT2D eigenvalue weighted by Gasteiger charge is 2.03. The van der Waals surface area contributed by atoms with Gasteiger partial charge in [-0.2, -0.15) is 0 Å². The molecule has 0 aliphatic heterocycles. The van der Waals surface area contributed by atoms with Gasteiger partial charge in [0.2, 0.25) is 0 Å². The van der Waals surface area contributed by atoms with Crippen molar-refractivity contribution in [2.24, 2.45) is 4.99 Å². The molecule has 0 atom stereocenters. The second kappa shape index (κ2) is 7.94. The Hall–Kier alpha value is -2.50. The fourth-order valence-corrected chi connectivity index (χ4v) is 1.79. The molecule has 0 aliphatic carbocycles. The Morgan fingerprint density at radius 1 is 1.14 bits per heavy atom. The third-order valence-corrected chi connectivity index (χ3v) is 2.88. The van der Waals surface area contributed by atoms with E-state index >= 15 is 0 Å². The molecule has 0 saturated heterocycles. The van der Waals surface area contributed by atoms with Gasteiger partial charge in [0, 0.05) is 38.1 Å². The van der Waals surface area contributed by atoms with E-state index in [0.717, 1.165) is 12.1 Å². The summed E-state index contributed by atoms with van der Waals surface area (Å²) in [6, 6.07) is 8.78. The van der Waals surface area contributed by atoms with E-state index in [1.54, 1.807) is 25.5 Å². The lowest BCUT2D eigenvalue weighted by Crippen LogP contribution is -2.38. The number of hydrogen-bond donors (Lipinski definition) is 2. The largest absolute Gasteiger partial charge is 0.356 e. The average molecular weight is 287 g/mol.